The van der Waals surface area contributed by atoms with E-state index in [1.165, 1.54) is 0 Å². The number of fused-ring (bicyclic) bond motifs is 3. The summed E-state index contributed by atoms with van der Waals surface area (Å²) in [6.45, 7) is 4.71. The zero-order valence-corrected chi connectivity index (χ0v) is 13.5. The molecule has 6 heteroatoms. The Balaban J connectivity index is 2.18. The van der Waals surface area contributed by atoms with Crippen LogP contribution in [0.1, 0.15) is 25.6 Å². The van der Waals surface area contributed by atoms with Crippen molar-refractivity contribution < 1.29 is 4.74 Å². The maximum absolute atomic E-state index is 6.14. The minimum Gasteiger partial charge on any atom is -0.382 e. The number of para-hydroxylation sites is 1. The maximum atomic E-state index is 6.14. The van der Waals surface area contributed by atoms with Crippen LogP contribution in [0.2, 0.25) is 0 Å². The van der Waals surface area contributed by atoms with Gasteiger partial charge in [0.2, 0.25) is 0 Å². The number of rotatable bonds is 7. The monoisotopic (exact) mass is 313 g/mol. The molecule has 0 spiro atoms. The summed E-state index contributed by atoms with van der Waals surface area (Å²) in [5.74, 6) is 1.34. The lowest BCUT2D eigenvalue weighted by atomic mass is 10.2. The number of aromatic nitrogens is 3. The fraction of sp³-hybridized carbons (Fsp3) is 0.412. The first-order chi connectivity index (χ1) is 11.3. The van der Waals surface area contributed by atoms with Gasteiger partial charge < -0.3 is 20.8 Å². The molecule has 6 nitrogen and oxygen atoms in total. The zero-order valence-electron chi connectivity index (χ0n) is 13.5. The third-order valence-corrected chi connectivity index (χ3v) is 3.85. The minimum atomic E-state index is 0.460. The molecule has 0 aliphatic heterocycles. The Bertz CT molecular complexity index is 811. The first-order valence-electron chi connectivity index (χ1n) is 8.07. The SMILES string of the molecule is CCCOCc1nc2c(N)nc3ccccc3c2n1CCCN. The number of hydrogen-bond donors (Lipinski definition) is 2. The molecule has 2 heterocycles. The number of nitrogens with two attached hydrogens (primary N) is 2. The maximum Gasteiger partial charge on any atom is 0.152 e. The summed E-state index contributed by atoms with van der Waals surface area (Å²) >= 11 is 0. The van der Waals surface area contributed by atoms with Gasteiger partial charge in [0.25, 0.3) is 0 Å². The number of ether oxygens (including phenoxy) is 1. The lowest BCUT2D eigenvalue weighted by Gasteiger charge is -2.10. The van der Waals surface area contributed by atoms with Crippen LogP contribution >= 0.6 is 0 Å². The summed E-state index contributed by atoms with van der Waals surface area (Å²) in [6, 6.07) is 8.00. The summed E-state index contributed by atoms with van der Waals surface area (Å²) in [6.07, 6.45) is 1.86. The third kappa shape index (κ3) is 3.00. The summed E-state index contributed by atoms with van der Waals surface area (Å²) in [7, 11) is 0. The van der Waals surface area contributed by atoms with Gasteiger partial charge in [-0.25, -0.2) is 9.97 Å². The molecule has 0 saturated heterocycles. The fourth-order valence-electron chi connectivity index (χ4n) is 2.81. The van der Waals surface area contributed by atoms with Crippen molar-refractivity contribution >= 4 is 27.8 Å². The van der Waals surface area contributed by atoms with E-state index >= 15 is 0 Å². The molecule has 1 aromatic carbocycles. The van der Waals surface area contributed by atoms with Gasteiger partial charge in [-0.15, -0.1) is 0 Å². The van der Waals surface area contributed by atoms with Crippen LogP contribution < -0.4 is 11.5 Å². The van der Waals surface area contributed by atoms with Gasteiger partial charge in [-0.1, -0.05) is 25.1 Å². The lowest BCUT2D eigenvalue weighted by molar-refractivity contribution is 0.114. The molecule has 0 atom stereocenters. The molecule has 0 bridgehead atoms. The van der Waals surface area contributed by atoms with Gasteiger partial charge >= 0.3 is 0 Å². The molecule has 0 fully saturated rings. The second-order valence-corrected chi connectivity index (χ2v) is 5.59. The van der Waals surface area contributed by atoms with E-state index < -0.39 is 0 Å². The first kappa shape index (κ1) is 15.7. The van der Waals surface area contributed by atoms with Gasteiger partial charge in [-0.2, -0.15) is 0 Å². The highest BCUT2D eigenvalue weighted by Crippen LogP contribution is 2.29. The molecule has 2 aromatic heterocycles. The quantitative estimate of drug-likeness (QED) is 0.654. The predicted octanol–water partition coefficient (Wildman–Crippen LogP) is 2.44. The summed E-state index contributed by atoms with van der Waals surface area (Å²) in [4.78, 5) is 9.17. The fourth-order valence-corrected chi connectivity index (χ4v) is 2.81. The largest absolute Gasteiger partial charge is 0.382 e. The van der Waals surface area contributed by atoms with Crippen molar-refractivity contribution in [2.24, 2.45) is 5.73 Å². The number of pyridine rings is 1. The second kappa shape index (κ2) is 6.93. The molecule has 0 radical (unpaired) electrons. The van der Waals surface area contributed by atoms with E-state index in [1.54, 1.807) is 0 Å². The van der Waals surface area contributed by atoms with Crippen molar-refractivity contribution in [3.8, 4) is 0 Å². The topological polar surface area (TPSA) is 92.0 Å². The zero-order chi connectivity index (χ0) is 16.2. The number of anilines is 1. The van der Waals surface area contributed by atoms with Crippen LogP contribution in [-0.4, -0.2) is 27.7 Å². The van der Waals surface area contributed by atoms with E-state index in [9.17, 15) is 0 Å². The molecule has 0 saturated carbocycles. The molecule has 23 heavy (non-hydrogen) atoms. The Kier molecular flexibility index (Phi) is 4.73. The normalized spacial score (nSPS) is 11.6. The van der Waals surface area contributed by atoms with Gasteiger partial charge in [0.05, 0.1) is 11.0 Å². The molecule has 4 N–H and O–H groups in total. The number of nitrogen functional groups attached to an aromatic ring is 1. The standard InChI is InChI=1S/C17H23N5O/c1-2-10-23-11-14-21-15-16(22(14)9-5-8-18)12-6-3-4-7-13(12)20-17(15)19/h3-4,6-7H,2,5,8-11,18H2,1H3,(H2,19,20). The lowest BCUT2D eigenvalue weighted by Crippen LogP contribution is -2.10. The Hall–Kier alpha value is -2.18. The van der Waals surface area contributed by atoms with Crippen LogP contribution in [0.4, 0.5) is 5.82 Å². The van der Waals surface area contributed by atoms with Crippen LogP contribution in [0.5, 0.6) is 0 Å². The molecular formula is C17H23N5O. The van der Waals surface area contributed by atoms with Gasteiger partial charge in [0, 0.05) is 18.5 Å². The average Bonchev–Trinajstić information content (AvgIpc) is 2.93. The van der Waals surface area contributed by atoms with Gasteiger partial charge in [-0.05, 0) is 25.5 Å². The number of hydrogen-bond acceptors (Lipinski definition) is 5. The summed E-state index contributed by atoms with van der Waals surface area (Å²) < 4.78 is 7.87. The predicted molar refractivity (Wildman–Crippen MR) is 93.1 cm³/mol. The van der Waals surface area contributed by atoms with Crippen LogP contribution in [0, 0.1) is 0 Å². The van der Waals surface area contributed by atoms with Gasteiger partial charge in [-0.3, -0.25) is 0 Å². The Morgan fingerprint density at radius 3 is 2.83 bits per heavy atom. The van der Waals surface area contributed by atoms with E-state index in [-0.39, 0.29) is 0 Å². The van der Waals surface area contributed by atoms with Crippen molar-refractivity contribution in [2.45, 2.75) is 32.9 Å². The van der Waals surface area contributed by atoms with Crippen LogP contribution in [0.3, 0.4) is 0 Å². The van der Waals surface area contributed by atoms with Crippen molar-refractivity contribution in [1.29, 1.82) is 0 Å². The van der Waals surface area contributed by atoms with Crippen molar-refractivity contribution in [3.05, 3.63) is 30.1 Å². The highest BCUT2D eigenvalue weighted by molar-refractivity contribution is 6.06. The van der Waals surface area contributed by atoms with Gasteiger partial charge in [0.15, 0.2) is 5.82 Å². The molecule has 3 aromatic rings. The van der Waals surface area contributed by atoms with E-state index in [0.29, 0.717) is 25.6 Å². The minimum absolute atomic E-state index is 0.460. The molecule has 122 valence electrons. The molecular weight excluding hydrogens is 290 g/mol. The first-order valence-corrected chi connectivity index (χ1v) is 8.07. The van der Waals surface area contributed by atoms with Crippen LogP contribution in [0.25, 0.3) is 21.9 Å². The number of aryl methyl sites for hydroxylation is 1. The van der Waals surface area contributed by atoms with E-state index in [0.717, 1.165) is 47.1 Å². The second-order valence-electron chi connectivity index (χ2n) is 5.59. The van der Waals surface area contributed by atoms with E-state index in [2.05, 4.69) is 22.5 Å². The van der Waals surface area contributed by atoms with E-state index in [1.807, 2.05) is 18.2 Å². The summed E-state index contributed by atoms with van der Waals surface area (Å²) in [5.41, 5.74) is 14.5. The number of imidazole rings is 1. The van der Waals surface area contributed by atoms with Crippen molar-refractivity contribution in [1.82, 2.24) is 14.5 Å². The Morgan fingerprint density at radius 2 is 2.04 bits per heavy atom. The molecule has 0 aliphatic carbocycles. The number of nitrogens with zero attached hydrogens (tertiary/aromatic N) is 3. The molecule has 0 aliphatic rings. The number of benzene rings is 1. The Morgan fingerprint density at radius 1 is 1.22 bits per heavy atom. The highest BCUT2D eigenvalue weighted by Gasteiger charge is 2.16. The van der Waals surface area contributed by atoms with Crippen molar-refractivity contribution in [3.63, 3.8) is 0 Å². The van der Waals surface area contributed by atoms with Gasteiger partial charge in [0.1, 0.15) is 17.9 Å². The van der Waals surface area contributed by atoms with E-state index in [4.69, 9.17) is 21.2 Å². The smallest absolute Gasteiger partial charge is 0.152 e. The van der Waals surface area contributed by atoms with Crippen molar-refractivity contribution in [2.75, 3.05) is 18.9 Å². The highest BCUT2D eigenvalue weighted by atomic mass is 16.5. The molecule has 0 amide bonds. The Labute approximate surface area is 135 Å². The average molecular weight is 313 g/mol. The molecule has 3 rings (SSSR count). The summed E-state index contributed by atoms with van der Waals surface area (Å²) in [5, 5.41) is 1.06. The third-order valence-electron chi connectivity index (χ3n) is 3.85. The van der Waals surface area contributed by atoms with Crippen LogP contribution in [0.15, 0.2) is 24.3 Å². The van der Waals surface area contributed by atoms with Crippen LogP contribution in [-0.2, 0) is 17.9 Å². The molecule has 0 unspecified atom stereocenters.